The summed E-state index contributed by atoms with van der Waals surface area (Å²) in [5.41, 5.74) is -1.48. The number of nitro groups is 1. The van der Waals surface area contributed by atoms with Crippen LogP contribution in [-0.2, 0) is 18.9 Å². The molecular formula is C16H16N4O7. The molecule has 1 atom stereocenters. The van der Waals surface area contributed by atoms with Gasteiger partial charge in [-0.05, 0) is 11.6 Å². The maximum absolute atomic E-state index is 12.7. The second-order valence-corrected chi connectivity index (χ2v) is 6.12. The number of nitro benzene ring substituents is 1. The third kappa shape index (κ3) is 2.72. The number of anilines is 1. The van der Waals surface area contributed by atoms with Crippen LogP contribution in [0, 0.1) is 10.1 Å². The molecule has 3 rings (SSSR count). The van der Waals surface area contributed by atoms with E-state index in [0.717, 1.165) is 15.2 Å². The highest BCUT2D eigenvalue weighted by molar-refractivity contribution is 5.94. The standard InChI is InChI=1S/C16H16N4O7/c1-18-14-12(15(23)19(2)16(18)24)8(6-11(21)17-14)7-4-9(20(25)26)13(22)10(5-7)27-3/h4-5,8,22H,6H2,1-3H3,(H,17,21)/t8-/m1/s1. The molecule has 1 aliphatic rings. The summed E-state index contributed by atoms with van der Waals surface area (Å²) in [5, 5.41) is 23.7. The Morgan fingerprint density at radius 2 is 1.93 bits per heavy atom. The molecule has 0 aliphatic carbocycles. The molecule has 0 radical (unpaired) electrons. The monoisotopic (exact) mass is 376 g/mol. The summed E-state index contributed by atoms with van der Waals surface area (Å²) in [6.45, 7) is 0. The Balaban J connectivity index is 2.34. The van der Waals surface area contributed by atoms with Crippen LogP contribution in [0.25, 0.3) is 0 Å². The lowest BCUT2D eigenvalue weighted by atomic mass is 9.86. The van der Waals surface area contributed by atoms with Crippen LogP contribution < -0.4 is 21.3 Å². The van der Waals surface area contributed by atoms with Gasteiger partial charge in [-0.2, -0.15) is 0 Å². The minimum atomic E-state index is -0.854. The van der Waals surface area contributed by atoms with Crippen LogP contribution in [-0.4, -0.2) is 32.2 Å². The summed E-state index contributed by atoms with van der Waals surface area (Å²) in [7, 11) is 3.94. The zero-order valence-corrected chi connectivity index (χ0v) is 14.7. The molecule has 1 aromatic heterocycles. The Bertz CT molecular complexity index is 1100. The van der Waals surface area contributed by atoms with Gasteiger partial charge in [-0.15, -0.1) is 0 Å². The summed E-state index contributed by atoms with van der Waals surface area (Å²) in [6.07, 6.45) is -0.161. The van der Waals surface area contributed by atoms with E-state index in [9.17, 15) is 29.6 Å². The van der Waals surface area contributed by atoms with Gasteiger partial charge in [0.1, 0.15) is 5.82 Å². The number of phenolic OH excluding ortho intramolecular Hbond substituents is 1. The largest absolute Gasteiger partial charge is 0.500 e. The molecule has 1 aromatic carbocycles. The number of amides is 1. The van der Waals surface area contributed by atoms with Crippen LogP contribution in [0.15, 0.2) is 21.7 Å². The van der Waals surface area contributed by atoms with Gasteiger partial charge < -0.3 is 15.2 Å². The molecule has 0 saturated heterocycles. The SMILES string of the molecule is COc1cc([C@H]2CC(=O)Nc3c2c(=O)n(C)c(=O)n3C)cc([N+](=O)[O-])c1O. The van der Waals surface area contributed by atoms with Crippen molar-refractivity contribution in [1.29, 1.82) is 0 Å². The van der Waals surface area contributed by atoms with E-state index in [1.165, 1.54) is 27.3 Å². The number of ether oxygens (including phenoxy) is 1. The highest BCUT2D eigenvalue weighted by Crippen LogP contribution is 2.42. The molecule has 0 saturated carbocycles. The van der Waals surface area contributed by atoms with Crippen LogP contribution in [0.5, 0.6) is 11.5 Å². The predicted octanol–water partition coefficient (Wildman–Crippen LogP) is 0.180. The maximum atomic E-state index is 12.7. The average molecular weight is 376 g/mol. The number of carbonyl (C=O) groups is 1. The summed E-state index contributed by atoms with van der Waals surface area (Å²) in [4.78, 5) is 47.5. The van der Waals surface area contributed by atoms with Gasteiger partial charge in [0.2, 0.25) is 11.7 Å². The average Bonchev–Trinajstić information content (AvgIpc) is 2.63. The van der Waals surface area contributed by atoms with Crippen LogP contribution >= 0.6 is 0 Å². The first kappa shape index (κ1) is 18.2. The van der Waals surface area contributed by atoms with E-state index in [0.29, 0.717) is 0 Å². The number of fused-ring (bicyclic) bond motifs is 1. The summed E-state index contributed by atoms with van der Waals surface area (Å²) in [5.74, 6) is -2.08. The van der Waals surface area contributed by atoms with E-state index in [1.807, 2.05) is 0 Å². The summed E-state index contributed by atoms with van der Waals surface area (Å²) in [6, 6.07) is 2.43. The summed E-state index contributed by atoms with van der Waals surface area (Å²) < 4.78 is 7.02. The predicted molar refractivity (Wildman–Crippen MR) is 93.3 cm³/mol. The number of rotatable bonds is 3. The van der Waals surface area contributed by atoms with E-state index in [1.54, 1.807) is 0 Å². The van der Waals surface area contributed by atoms with E-state index < -0.39 is 39.4 Å². The number of benzene rings is 1. The van der Waals surface area contributed by atoms with Gasteiger partial charge in [-0.1, -0.05) is 0 Å². The van der Waals surface area contributed by atoms with Crippen molar-refractivity contribution in [2.75, 3.05) is 12.4 Å². The third-order valence-electron chi connectivity index (χ3n) is 4.59. The zero-order valence-electron chi connectivity index (χ0n) is 14.7. The summed E-state index contributed by atoms with van der Waals surface area (Å²) >= 11 is 0. The first-order chi connectivity index (χ1) is 12.7. The van der Waals surface area contributed by atoms with Crippen LogP contribution in [0.2, 0.25) is 0 Å². The fourth-order valence-corrected chi connectivity index (χ4v) is 3.20. The highest BCUT2D eigenvalue weighted by Gasteiger charge is 2.34. The topological polar surface area (TPSA) is 146 Å². The lowest BCUT2D eigenvalue weighted by molar-refractivity contribution is -0.386. The van der Waals surface area contributed by atoms with Crippen LogP contribution in [0.4, 0.5) is 11.5 Å². The van der Waals surface area contributed by atoms with Crippen LogP contribution in [0.3, 0.4) is 0 Å². The minimum absolute atomic E-state index is 0.0408. The zero-order chi connectivity index (χ0) is 20.0. The van der Waals surface area contributed by atoms with Gasteiger partial charge in [0.05, 0.1) is 17.6 Å². The fourth-order valence-electron chi connectivity index (χ4n) is 3.20. The molecule has 27 heavy (non-hydrogen) atoms. The van der Waals surface area contributed by atoms with E-state index in [-0.39, 0.29) is 29.1 Å². The maximum Gasteiger partial charge on any atom is 0.332 e. The van der Waals surface area contributed by atoms with Gasteiger partial charge >= 0.3 is 11.4 Å². The van der Waals surface area contributed by atoms with Crippen molar-refractivity contribution in [3.63, 3.8) is 0 Å². The molecule has 2 aromatic rings. The first-order valence-electron chi connectivity index (χ1n) is 7.82. The van der Waals surface area contributed by atoms with Gasteiger partial charge in [0.25, 0.3) is 5.56 Å². The van der Waals surface area contributed by atoms with Gasteiger partial charge in [-0.25, -0.2) is 4.79 Å². The molecule has 2 heterocycles. The number of methoxy groups -OCH3 is 1. The Morgan fingerprint density at radius 1 is 1.26 bits per heavy atom. The number of hydrogen-bond acceptors (Lipinski definition) is 7. The van der Waals surface area contributed by atoms with Crippen molar-refractivity contribution in [1.82, 2.24) is 9.13 Å². The van der Waals surface area contributed by atoms with Crippen molar-refractivity contribution in [2.45, 2.75) is 12.3 Å². The first-order valence-corrected chi connectivity index (χ1v) is 7.82. The normalized spacial score (nSPS) is 15.8. The molecule has 142 valence electrons. The highest BCUT2D eigenvalue weighted by atomic mass is 16.6. The Kier molecular flexibility index (Phi) is 4.22. The lowest BCUT2D eigenvalue weighted by Gasteiger charge is -2.27. The van der Waals surface area contributed by atoms with Crippen molar-refractivity contribution in [2.24, 2.45) is 14.1 Å². The van der Waals surface area contributed by atoms with Crippen molar-refractivity contribution >= 4 is 17.4 Å². The van der Waals surface area contributed by atoms with E-state index in [2.05, 4.69) is 5.32 Å². The molecule has 0 fully saturated rings. The molecule has 2 N–H and O–H groups in total. The molecule has 0 bridgehead atoms. The molecule has 11 nitrogen and oxygen atoms in total. The third-order valence-corrected chi connectivity index (χ3v) is 4.59. The number of carbonyl (C=O) groups excluding carboxylic acids is 1. The molecule has 0 unspecified atom stereocenters. The van der Waals surface area contributed by atoms with Crippen LogP contribution in [0.1, 0.15) is 23.5 Å². The van der Waals surface area contributed by atoms with Crippen molar-refractivity contribution < 1.29 is 19.6 Å². The molecule has 1 aliphatic heterocycles. The van der Waals surface area contributed by atoms with Crippen molar-refractivity contribution in [3.8, 4) is 11.5 Å². The molecule has 1 amide bonds. The number of nitrogens with zero attached hydrogens (tertiary/aromatic N) is 3. The van der Waals surface area contributed by atoms with Gasteiger partial charge in [-0.3, -0.25) is 28.8 Å². The smallest absolute Gasteiger partial charge is 0.332 e. The lowest BCUT2D eigenvalue weighted by Crippen LogP contribution is -2.44. The Labute approximate surface area is 151 Å². The number of hydrogen-bond donors (Lipinski definition) is 2. The van der Waals surface area contributed by atoms with Crippen molar-refractivity contribution in [3.05, 3.63) is 54.2 Å². The number of aromatic nitrogens is 2. The molecular weight excluding hydrogens is 360 g/mol. The van der Waals surface area contributed by atoms with Gasteiger partial charge in [0.15, 0.2) is 5.75 Å². The van der Waals surface area contributed by atoms with E-state index >= 15 is 0 Å². The molecule has 11 heteroatoms. The fraction of sp³-hybridized carbons (Fsp3) is 0.312. The number of nitrogens with one attached hydrogen (secondary N) is 1. The number of phenols is 1. The quantitative estimate of drug-likeness (QED) is 0.574. The second kappa shape index (κ2) is 6.27. The Hall–Kier alpha value is -3.63. The number of aromatic hydroxyl groups is 1. The van der Waals surface area contributed by atoms with Gasteiger partial charge in [0, 0.05) is 32.5 Å². The Morgan fingerprint density at radius 3 is 2.52 bits per heavy atom. The van der Waals surface area contributed by atoms with E-state index in [4.69, 9.17) is 4.74 Å². The molecule has 0 spiro atoms. The second-order valence-electron chi connectivity index (χ2n) is 6.12. The minimum Gasteiger partial charge on any atom is -0.500 e.